The largest absolute Gasteiger partial charge is 0.340 e. The number of hydrogen-bond donors (Lipinski definition) is 2. The average Bonchev–Trinajstić information content (AvgIpc) is 2.83. The van der Waals surface area contributed by atoms with Gasteiger partial charge in [-0.15, -0.1) is 0 Å². The number of benzene rings is 1. The zero-order valence-electron chi connectivity index (χ0n) is 10.7. The first-order chi connectivity index (χ1) is 9.15. The standard InChI is InChI=1S/C13H16F2N4/c1-8(19-4-2-16-3-5-19)13-17-11-7-9(14)6-10(15)12(11)18-13/h6-8,16H,2-5H2,1H3,(H,17,18). The van der Waals surface area contributed by atoms with E-state index in [1.54, 1.807) is 0 Å². The molecule has 1 aliphatic rings. The number of H-pyrrole nitrogens is 1. The van der Waals surface area contributed by atoms with Crippen molar-refractivity contribution in [1.29, 1.82) is 0 Å². The van der Waals surface area contributed by atoms with Gasteiger partial charge in [0.05, 0.1) is 11.6 Å². The van der Waals surface area contributed by atoms with E-state index in [1.807, 2.05) is 6.92 Å². The number of rotatable bonds is 2. The third-order valence-electron chi connectivity index (χ3n) is 3.62. The van der Waals surface area contributed by atoms with Gasteiger partial charge >= 0.3 is 0 Å². The van der Waals surface area contributed by atoms with Crippen molar-refractivity contribution in [2.75, 3.05) is 26.2 Å². The molecule has 0 amide bonds. The molecule has 1 unspecified atom stereocenters. The Hall–Kier alpha value is -1.53. The van der Waals surface area contributed by atoms with E-state index in [0.29, 0.717) is 11.3 Å². The van der Waals surface area contributed by atoms with Gasteiger partial charge in [-0.25, -0.2) is 13.8 Å². The van der Waals surface area contributed by atoms with Gasteiger partial charge in [0.2, 0.25) is 0 Å². The lowest BCUT2D eigenvalue weighted by molar-refractivity contribution is 0.180. The number of hydrogen-bond acceptors (Lipinski definition) is 3. The molecule has 102 valence electrons. The fraction of sp³-hybridized carbons (Fsp3) is 0.462. The normalized spacial score (nSPS) is 18.9. The van der Waals surface area contributed by atoms with Gasteiger partial charge in [-0.1, -0.05) is 0 Å². The van der Waals surface area contributed by atoms with Crippen molar-refractivity contribution < 1.29 is 8.78 Å². The molecule has 1 aromatic heterocycles. The number of nitrogens with zero attached hydrogens (tertiary/aromatic N) is 2. The van der Waals surface area contributed by atoms with Crippen LogP contribution in [0.5, 0.6) is 0 Å². The van der Waals surface area contributed by atoms with Crippen molar-refractivity contribution in [2.24, 2.45) is 0 Å². The minimum Gasteiger partial charge on any atom is -0.340 e. The van der Waals surface area contributed by atoms with Gasteiger partial charge in [-0.2, -0.15) is 0 Å². The lowest BCUT2D eigenvalue weighted by atomic mass is 10.2. The number of imidazole rings is 1. The number of piperazine rings is 1. The Morgan fingerprint density at radius 2 is 2.00 bits per heavy atom. The summed E-state index contributed by atoms with van der Waals surface area (Å²) in [5.41, 5.74) is 0.618. The second-order valence-electron chi connectivity index (χ2n) is 4.87. The van der Waals surface area contributed by atoms with Gasteiger partial charge in [0.25, 0.3) is 0 Å². The van der Waals surface area contributed by atoms with Crippen LogP contribution in [0.2, 0.25) is 0 Å². The van der Waals surface area contributed by atoms with Crippen LogP contribution in [-0.4, -0.2) is 41.0 Å². The Morgan fingerprint density at radius 3 is 2.74 bits per heavy atom. The van der Waals surface area contributed by atoms with Gasteiger partial charge in [0, 0.05) is 32.2 Å². The predicted molar refractivity (Wildman–Crippen MR) is 68.9 cm³/mol. The SMILES string of the molecule is CC(c1nc2c(F)cc(F)cc2[nH]1)N1CCNCC1. The molecule has 0 bridgehead atoms. The molecule has 0 aliphatic carbocycles. The Morgan fingerprint density at radius 1 is 1.26 bits per heavy atom. The van der Waals surface area contributed by atoms with Crippen molar-refractivity contribution in [3.05, 3.63) is 29.6 Å². The van der Waals surface area contributed by atoms with E-state index in [2.05, 4.69) is 20.2 Å². The minimum atomic E-state index is -0.620. The van der Waals surface area contributed by atoms with Gasteiger partial charge in [-0.3, -0.25) is 4.90 Å². The summed E-state index contributed by atoms with van der Waals surface area (Å²) in [5, 5.41) is 3.28. The van der Waals surface area contributed by atoms with E-state index >= 15 is 0 Å². The molecule has 0 spiro atoms. The predicted octanol–water partition coefficient (Wildman–Crippen LogP) is 1.81. The molecule has 1 saturated heterocycles. The fourth-order valence-corrected chi connectivity index (χ4v) is 2.50. The zero-order chi connectivity index (χ0) is 13.4. The third kappa shape index (κ3) is 2.33. The molecule has 1 fully saturated rings. The van der Waals surface area contributed by atoms with Gasteiger partial charge in [-0.05, 0) is 13.0 Å². The number of aromatic amines is 1. The second-order valence-corrected chi connectivity index (χ2v) is 4.87. The molecule has 2 N–H and O–H groups in total. The first-order valence-electron chi connectivity index (χ1n) is 6.44. The van der Waals surface area contributed by atoms with Crippen LogP contribution in [0.1, 0.15) is 18.8 Å². The first kappa shape index (κ1) is 12.5. The third-order valence-corrected chi connectivity index (χ3v) is 3.62. The molecule has 0 radical (unpaired) electrons. The monoisotopic (exact) mass is 266 g/mol. The van der Waals surface area contributed by atoms with Gasteiger partial charge < -0.3 is 10.3 Å². The van der Waals surface area contributed by atoms with Crippen molar-refractivity contribution >= 4 is 11.0 Å². The number of aromatic nitrogens is 2. The van der Waals surface area contributed by atoms with Crippen LogP contribution in [0.15, 0.2) is 12.1 Å². The molecular formula is C13H16F2N4. The topological polar surface area (TPSA) is 44.0 Å². The molecule has 2 aromatic rings. The summed E-state index contributed by atoms with van der Waals surface area (Å²) in [6.45, 7) is 5.75. The summed E-state index contributed by atoms with van der Waals surface area (Å²) in [4.78, 5) is 9.56. The fourth-order valence-electron chi connectivity index (χ4n) is 2.50. The zero-order valence-corrected chi connectivity index (χ0v) is 10.7. The Labute approximate surface area is 109 Å². The highest BCUT2D eigenvalue weighted by Crippen LogP contribution is 2.23. The summed E-state index contributed by atoms with van der Waals surface area (Å²) in [6.07, 6.45) is 0. The molecule has 2 heterocycles. The van der Waals surface area contributed by atoms with Crippen molar-refractivity contribution in [1.82, 2.24) is 20.2 Å². The summed E-state index contributed by atoms with van der Waals surface area (Å²) in [5.74, 6) is -0.526. The molecule has 3 rings (SSSR count). The Balaban J connectivity index is 1.94. The smallest absolute Gasteiger partial charge is 0.153 e. The molecule has 0 saturated carbocycles. The van der Waals surface area contributed by atoms with E-state index in [9.17, 15) is 8.78 Å². The van der Waals surface area contributed by atoms with Crippen LogP contribution >= 0.6 is 0 Å². The molecule has 19 heavy (non-hydrogen) atoms. The van der Waals surface area contributed by atoms with Crippen LogP contribution in [0, 0.1) is 11.6 Å². The number of nitrogens with one attached hydrogen (secondary N) is 2. The highest BCUT2D eigenvalue weighted by molar-refractivity contribution is 5.75. The maximum absolute atomic E-state index is 13.6. The quantitative estimate of drug-likeness (QED) is 0.871. The lowest BCUT2D eigenvalue weighted by Gasteiger charge is -2.31. The van der Waals surface area contributed by atoms with Crippen molar-refractivity contribution in [3.8, 4) is 0 Å². The highest BCUT2D eigenvalue weighted by Gasteiger charge is 2.21. The number of halogens is 2. The van der Waals surface area contributed by atoms with E-state index in [4.69, 9.17) is 0 Å². The van der Waals surface area contributed by atoms with E-state index in [1.165, 1.54) is 6.07 Å². The minimum absolute atomic E-state index is 0.0666. The maximum Gasteiger partial charge on any atom is 0.153 e. The summed E-state index contributed by atoms with van der Waals surface area (Å²) in [6, 6.07) is 2.21. The van der Waals surface area contributed by atoms with Crippen LogP contribution in [0.3, 0.4) is 0 Å². The molecule has 1 aliphatic heterocycles. The van der Waals surface area contributed by atoms with E-state index < -0.39 is 11.6 Å². The van der Waals surface area contributed by atoms with Crippen LogP contribution in [-0.2, 0) is 0 Å². The van der Waals surface area contributed by atoms with Crippen molar-refractivity contribution in [3.63, 3.8) is 0 Å². The van der Waals surface area contributed by atoms with Crippen molar-refractivity contribution in [2.45, 2.75) is 13.0 Å². The highest BCUT2D eigenvalue weighted by atomic mass is 19.1. The second kappa shape index (κ2) is 4.86. The van der Waals surface area contributed by atoms with E-state index in [-0.39, 0.29) is 11.6 Å². The number of fused-ring (bicyclic) bond motifs is 1. The van der Waals surface area contributed by atoms with Gasteiger partial charge in [0.15, 0.2) is 5.82 Å². The first-order valence-corrected chi connectivity index (χ1v) is 6.44. The molecule has 4 nitrogen and oxygen atoms in total. The van der Waals surface area contributed by atoms with Crippen LogP contribution in [0.4, 0.5) is 8.78 Å². The van der Waals surface area contributed by atoms with Crippen LogP contribution in [0.25, 0.3) is 11.0 Å². The maximum atomic E-state index is 13.6. The average molecular weight is 266 g/mol. The van der Waals surface area contributed by atoms with Gasteiger partial charge in [0.1, 0.15) is 17.2 Å². The summed E-state index contributed by atoms with van der Waals surface area (Å²) in [7, 11) is 0. The molecule has 6 heteroatoms. The summed E-state index contributed by atoms with van der Waals surface area (Å²) < 4.78 is 26.8. The summed E-state index contributed by atoms with van der Waals surface area (Å²) >= 11 is 0. The van der Waals surface area contributed by atoms with E-state index in [0.717, 1.165) is 32.2 Å². The lowest BCUT2D eigenvalue weighted by Crippen LogP contribution is -2.44. The molecule has 1 atom stereocenters. The molecular weight excluding hydrogens is 250 g/mol. The van der Waals surface area contributed by atoms with Crippen LogP contribution < -0.4 is 5.32 Å². The Kier molecular flexibility index (Phi) is 3.20. The Bertz CT molecular complexity index is 590. The molecule has 1 aromatic carbocycles.